The zero-order valence-electron chi connectivity index (χ0n) is 11.8. The van der Waals surface area contributed by atoms with Gasteiger partial charge in [0, 0.05) is 38.8 Å². The molecular formula is C17H15BrN2OS. The van der Waals surface area contributed by atoms with Crippen molar-refractivity contribution >= 4 is 44.5 Å². The molecular weight excluding hydrogens is 360 g/mol. The first-order valence-electron chi connectivity index (χ1n) is 6.97. The molecule has 1 heterocycles. The number of fused-ring (bicyclic) bond motifs is 1. The van der Waals surface area contributed by atoms with Gasteiger partial charge in [-0.25, -0.2) is 0 Å². The van der Waals surface area contributed by atoms with Crippen molar-refractivity contribution in [1.29, 1.82) is 0 Å². The SMILES string of the molecule is O=C(NCCSc1c[nH]c2ccccc12)c1ccccc1Br. The van der Waals surface area contributed by atoms with Crippen molar-refractivity contribution in [2.24, 2.45) is 0 Å². The highest BCUT2D eigenvalue weighted by atomic mass is 79.9. The van der Waals surface area contributed by atoms with Crippen LogP contribution in [-0.4, -0.2) is 23.2 Å². The predicted octanol–water partition coefficient (Wildman–Crippen LogP) is 4.45. The Morgan fingerprint density at radius 1 is 1.14 bits per heavy atom. The maximum absolute atomic E-state index is 12.1. The predicted molar refractivity (Wildman–Crippen MR) is 95.5 cm³/mol. The minimum atomic E-state index is -0.0491. The maximum atomic E-state index is 12.1. The van der Waals surface area contributed by atoms with Gasteiger partial charge in [0.1, 0.15) is 0 Å². The van der Waals surface area contributed by atoms with E-state index in [4.69, 9.17) is 0 Å². The first-order chi connectivity index (χ1) is 10.8. The minimum Gasteiger partial charge on any atom is -0.360 e. The standard InChI is InChI=1S/C17H15BrN2OS/c18-14-7-3-1-5-12(14)17(21)19-9-10-22-16-11-20-15-8-4-2-6-13(15)16/h1-8,11,20H,9-10H2,(H,19,21). The smallest absolute Gasteiger partial charge is 0.252 e. The first-order valence-corrected chi connectivity index (χ1v) is 8.75. The topological polar surface area (TPSA) is 44.9 Å². The number of H-pyrrole nitrogens is 1. The number of para-hydroxylation sites is 1. The second kappa shape index (κ2) is 7.03. The van der Waals surface area contributed by atoms with Gasteiger partial charge in [-0.05, 0) is 34.1 Å². The molecule has 5 heteroatoms. The summed E-state index contributed by atoms with van der Waals surface area (Å²) in [6.07, 6.45) is 2.02. The van der Waals surface area contributed by atoms with Gasteiger partial charge in [0.2, 0.25) is 0 Å². The fourth-order valence-corrected chi connectivity index (χ4v) is 3.60. The van der Waals surface area contributed by atoms with E-state index in [1.54, 1.807) is 11.8 Å². The number of carbonyl (C=O) groups excluding carboxylic acids is 1. The molecule has 0 saturated heterocycles. The van der Waals surface area contributed by atoms with Gasteiger partial charge >= 0.3 is 0 Å². The molecule has 3 aromatic rings. The molecule has 0 aliphatic rings. The summed E-state index contributed by atoms with van der Waals surface area (Å²) in [5.74, 6) is 0.782. The summed E-state index contributed by atoms with van der Waals surface area (Å²) in [6.45, 7) is 0.629. The average Bonchev–Trinajstić information content (AvgIpc) is 2.95. The van der Waals surface area contributed by atoms with Gasteiger partial charge < -0.3 is 10.3 Å². The molecule has 0 aliphatic heterocycles. The number of hydrogen-bond donors (Lipinski definition) is 2. The summed E-state index contributed by atoms with van der Waals surface area (Å²) in [4.78, 5) is 16.6. The van der Waals surface area contributed by atoms with E-state index in [2.05, 4.69) is 38.4 Å². The van der Waals surface area contributed by atoms with Crippen molar-refractivity contribution < 1.29 is 4.79 Å². The molecule has 0 bridgehead atoms. The molecule has 1 aromatic heterocycles. The fraction of sp³-hybridized carbons (Fsp3) is 0.118. The largest absolute Gasteiger partial charge is 0.360 e. The number of aromatic amines is 1. The molecule has 2 aromatic carbocycles. The van der Waals surface area contributed by atoms with E-state index in [-0.39, 0.29) is 5.91 Å². The Hall–Kier alpha value is -1.72. The van der Waals surface area contributed by atoms with Gasteiger partial charge in [-0.1, -0.05) is 30.3 Å². The van der Waals surface area contributed by atoms with E-state index in [0.29, 0.717) is 12.1 Å². The number of hydrogen-bond acceptors (Lipinski definition) is 2. The second-order valence-electron chi connectivity index (χ2n) is 4.78. The molecule has 0 atom stereocenters. The zero-order chi connectivity index (χ0) is 15.4. The summed E-state index contributed by atoms with van der Waals surface area (Å²) < 4.78 is 0.816. The molecule has 0 saturated carbocycles. The van der Waals surface area contributed by atoms with Crippen molar-refractivity contribution in [1.82, 2.24) is 10.3 Å². The summed E-state index contributed by atoms with van der Waals surface area (Å²) >= 11 is 5.13. The molecule has 0 fully saturated rings. The molecule has 22 heavy (non-hydrogen) atoms. The van der Waals surface area contributed by atoms with E-state index in [0.717, 1.165) is 15.7 Å². The Balaban J connectivity index is 1.54. The molecule has 1 amide bonds. The zero-order valence-corrected chi connectivity index (χ0v) is 14.2. The first kappa shape index (κ1) is 15.2. The lowest BCUT2D eigenvalue weighted by atomic mass is 10.2. The van der Waals surface area contributed by atoms with Crippen LogP contribution >= 0.6 is 27.7 Å². The van der Waals surface area contributed by atoms with E-state index in [1.165, 1.54) is 10.3 Å². The highest BCUT2D eigenvalue weighted by Gasteiger charge is 2.08. The van der Waals surface area contributed by atoms with Crippen molar-refractivity contribution in [3.05, 3.63) is 64.8 Å². The Morgan fingerprint density at radius 2 is 1.91 bits per heavy atom. The van der Waals surface area contributed by atoms with Gasteiger partial charge in [0.15, 0.2) is 0 Å². The molecule has 3 rings (SSSR count). The number of amides is 1. The van der Waals surface area contributed by atoms with E-state index in [9.17, 15) is 4.79 Å². The van der Waals surface area contributed by atoms with E-state index in [1.807, 2.05) is 42.6 Å². The van der Waals surface area contributed by atoms with Crippen LogP contribution < -0.4 is 5.32 Å². The lowest BCUT2D eigenvalue weighted by Gasteiger charge is -2.06. The summed E-state index contributed by atoms with van der Waals surface area (Å²) in [6, 6.07) is 15.7. The van der Waals surface area contributed by atoms with Crippen LogP contribution in [0, 0.1) is 0 Å². The Bertz CT molecular complexity index is 800. The quantitative estimate of drug-likeness (QED) is 0.511. The van der Waals surface area contributed by atoms with E-state index >= 15 is 0 Å². The molecule has 3 nitrogen and oxygen atoms in total. The monoisotopic (exact) mass is 374 g/mol. The Labute approximate surface area is 141 Å². The number of thioether (sulfide) groups is 1. The Morgan fingerprint density at radius 3 is 2.77 bits per heavy atom. The number of aromatic nitrogens is 1. The number of nitrogens with one attached hydrogen (secondary N) is 2. The highest BCUT2D eigenvalue weighted by molar-refractivity contribution is 9.10. The maximum Gasteiger partial charge on any atom is 0.252 e. The van der Waals surface area contributed by atoms with Crippen molar-refractivity contribution in [3.63, 3.8) is 0 Å². The summed E-state index contributed by atoms with van der Waals surface area (Å²) in [5, 5.41) is 4.18. The normalized spacial score (nSPS) is 10.8. The van der Waals surface area contributed by atoms with Crippen LogP contribution in [0.2, 0.25) is 0 Å². The van der Waals surface area contributed by atoms with Crippen LogP contribution in [0.3, 0.4) is 0 Å². The highest BCUT2D eigenvalue weighted by Crippen LogP contribution is 2.27. The van der Waals surface area contributed by atoms with Gasteiger partial charge in [0.25, 0.3) is 5.91 Å². The van der Waals surface area contributed by atoms with Gasteiger partial charge in [-0.3, -0.25) is 4.79 Å². The lowest BCUT2D eigenvalue weighted by Crippen LogP contribution is -2.25. The van der Waals surface area contributed by atoms with Crippen LogP contribution in [0.15, 0.2) is 64.1 Å². The third-order valence-corrected chi connectivity index (χ3v) is 5.06. The summed E-state index contributed by atoms with van der Waals surface area (Å²) in [5.41, 5.74) is 1.81. The van der Waals surface area contributed by atoms with E-state index < -0.39 is 0 Å². The molecule has 2 N–H and O–H groups in total. The molecule has 0 aliphatic carbocycles. The van der Waals surface area contributed by atoms with Gasteiger partial charge in [0.05, 0.1) is 5.56 Å². The third kappa shape index (κ3) is 3.36. The van der Waals surface area contributed by atoms with Crippen LogP contribution in [0.1, 0.15) is 10.4 Å². The molecule has 0 unspecified atom stereocenters. The van der Waals surface area contributed by atoms with Crippen LogP contribution in [-0.2, 0) is 0 Å². The van der Waals surface area contributed by atoms with Gasteiger partial charge in [-0.2, -0.15) is 0 Å². The third-order valence-electron chi connectivity index (χ3n) is 3.31. The van der Waals surface area contributed by atoms with Crippen LogP contribution in [0.5, 0.6) is 0 Å². The van der Waals surface area contributed by atoms with Gasteiger partial charge in [-0.15, -0.1) is 11.8 Å². The number of rotatable bonds is 5. The van der Waals surface area contributed by atoms with Crippen molar-refractivity contribution in [3.8, 4) is 0 Å². The number of benzene rings is 2. The van der Waals surface area contributed by atoms with Crippen LogP contribution in [0.4, 0.5) is 0 Å². The molecule has 0 radical (unpaired) electrons. The number of halogens is 1. The minimum absolute atomic E-state index is 0.0491. The fourth-order valence-electron chi connectivity index (χ4n) is 2.23. The molecule has 0 spiro atoms. The Kier molecular flexibility index (Phi) is 4.85. The van der Waals surface area contributed by atoms with Crippen molar-refractivity contribution in [2.75, 3.05) is 12.3 Å². The summed E-state index contributed by atoms with van der Waals surface area (Å²) in [7, 11) is 0. The number of carbonyl (C=O) groups is 1. The second-order valence-corrected chi connectivity index (χ2v) is 6.77. The lowest BCUT2D eigenvalue weighted by molar-refractivity contribution is 0.0955. The van der Waals surface area contributed by atoms with Crippen LogP contribution in [0.25, 0.3) is 10.9 Å². The van der Waals surface area contributed by atoms with Crippen molar-refractivity contribution in [2.45, 2.75) is 4.90 Å². The average molecular weight is 375 g/mol. The molecule has 112 valence electrons.